The van der Waals surface area contributed by atoms with Crippen LogP contribution in [-0.2, 0) is 4.79 Å². The summed E-state index contributed by atoms with van der Waals surface area (Å²) >= 11 is 0. The molecule has 136 valence electrons. The van der Waals surface area contributed by atoms with Crippen molar-refractivity contribution in [3.8, 4) is 11.5 Å². The Morgan fingerprint density at radius 1 is 0.923 bits per heavy atom. The van der Waals surface area contributed by atoms with Crippen LogP contribution < -0.4 is 14.8 Å². The van der Waals surface area contributed by atoms with Crippen molar-refractivity contribution in [3.05, 3.63) is 64.9 Å². The van der Waals surface area contributed by atoms with E-state index in [4.69, 9.17) is 9.47 Å². The van der Waals surface area contributed by atoms with E-state index in [9.17, 15) is 4.79 Å². The number of rotatable bonds is 5. The van der Waals surface area contributed by atoms with Crippen molar-refractivity contribution in [2.45, 2.75) is 32.6 Å². The molecule has 1 atom stereocenters. The van der Waals surface area contributed by atoms with Crippen LogP contribution in [0.25, 0.3) is 0 Å². The van der Waals surface area contributed by atoms with Gasteiger partial charge < -0.3 is 14.8 Å². The first-order chi connectivity index (χ1) is 12.5. The summed E-state index contributed by atoms with van der Waals surface area (Å²) in [5, 5.41) is 3.41. The molecule has 4 nitrogen and oxygen atoms in total. The van der Waals surface area contributed by atoms with Crippen LogP contribution in [0.1, 0.15) is 35.4 Å². The minimum absolute atomic E-state index is 0.126. The summed E-state index contributed by atoms with van der Waals surface area (Å²) in [6, 6.07) is 12.1. The SMILES string of the molecule is COc1ccc([C@H]2CC(=O)C=C(Nc3ccc(C)c(C)c3)C2)cc1OC. The van der Waals surface area contributed by atoms with Gasteiger partial charge in [-0.2, -0.15) is 0 Å². The highest BCUT2D eigenvalue weighted by Gasteiger charge is 2.23. The Bertz CT molecular complexity index is 854. The minimum atomic E-state index is 0.126. The molecule has 2 aromatic carbocycles. The average molecular weight is 351 g/mol. The number of ether oxygens (including phenoxy) is 2. The lowest BCUT2D eigenvalue weighted by Gasteiger charge is -2.24. The zero-order valence-electron chi connectivity index (χ0n) is 15.8. The van der Waals surface area contributed by atoms with Gasteiger partial charge in [-0.1, -0.05) is 12.1 Å². The van der Waals surface area contributed by atoms with Crippen molar-refractivity contribution in [1.82, 2.24) is 0 Å². The molecule has 0 bridgehead atoms. The average Bonchev–Trinajstić information content (AvgIpc) is 2.63. The Morgan fingerprint density at radius 3 is 2.38 bits per heavy atom. The van der Waals surface area contributed by atoms with E-state index in [1.165, 1.54) is 11.1 Å². The van der Waals surface area contributed by atoms with Crippen molar-refractivity contribution >= 4 is 11.5 Å². The van der Waals surface area contributed by atoms with Crippen molar-refractivity contribution in [2.24, 2.45) is 0 Å². The van der Waals surface area contributed by atoms with Gasteiger partial charge in [-0.05, 0) is 67.1 Å². The Balaban J connectivity index is 1.81. The van der Waals surface area contributed by atoms with E-state index < -0.39 is 0 Å². The molecule has 2 aromatic rings. The molecule has 0 saturated carbocycles. The topological polar surface area (TPSA) is 47.6 Å². The van der Waals surface area contributed by atoms with Crippen LogP contribution in [-0.4, -0.2) is 20.0 Å². The predicted octanol–water partition coefficient (Wildman–Crippen LogP) is 4.76. The molecule has 0 amide bonds. The van der Waals surface area contributed by atoms with E-state index in [0.29, 0.717) is 17.9 Å². The highest BCUT2D eigenvalue weighted by atomic mass is 16.5. The lowest BCUT2D eigenvalue weighted by molar-refractivity contribution is -0.115. The number of ketones is 1. The molecule has 4 heteroatoms. The van der Waals surface area contributed by atoms with Crippen LogP contribution in [0.15, 0.2) is 48.2 Å². The van der Waals surface area contributed by atoms with Crippen molar-refractivity contribution < 1.29 is 14.3 Å². The third-order valence-electron chi connectivity index (χ3n) is 4.94. The summed E-state index contributed by atoms with van der Waals surface area (Å²) in [4.78, 5) is 12.3. The first-order valence-corrected chi connectivity index (χ1v) is 8.79. The summed E-state index contributed by atoms with van der Waals surface area (Å²) in [5.41, 5.74) is 5.54. The van der Waals surface area contributed by atoms with Crippen molar-refractivity contribution in [1.29, 1.82) is 0 Å². The molecule has 0 spiro atoms. The summed E-state index contributed by atoms with van der Waals surface area (Å²) in [6.07, 6.45) is 3.02. The third kappa shape index (κ3) is 3.90. The fourth-order valence-corrected chi connectivity index (χ4v) is 3.33. The zero-order chi connectivity index (χ0) is 18.7. The van der Waals surface area contributed by atoms with E-state index in [0.717, 1.165) is 23.4 Å². The van der Waals surface area contributed by atoms with Gasteiger partial charge in [0.25, 0.3) is 0 Å². The van der Waals surface area contributed by atoms with E-state index in [1.54, 1.807) is 20.3 Å². The highest BCUT2D eigenvalue weighted by molar-refractivity contribution is 5.92. The standard InChI is InChI=1S/C22H25NO3/c1-14-5-7-18(9-15(14)2)23-19-10-17(11-20(24)13-19)16-6-8-21(25-3)22(12-16)26-4/h5-9,12-13,17,23H,10-11H2,1-4H3/t17-/m1/s1. The molecule has 1 aliphatic carbocycles. The largest absolute Gasteiger partial charge is 0.493 e. The predicted molar refractivity (Wildman–Crippen MR) is 104 cm³/mol. The third-order valence-corrected chi connectivity index (χ3v) is 4.94. The maximum atomic E-state index is 12.3. The van der Waals surface area contributed by atoms with E-state index in [1.807, 2.05) is 24.3 Å². The van der Waals surface area contributed by atoms with Crippen molar-refractivity contribution in [2.75, 3.05) is 19.5 Å². The van der Waals surface area contributed by atoms with Crippen LogP contribution in [0.4, 0.5) is 5.69 Å². The maximum Gasteiger partial charge on any atom is 0.160 e. The van der Waals surface area contributed by atoms with E-state index in [-0.39, 0.29) is 11.7 Å². The van der Waals surface area contributed by atoms with Crippen LogP contribution in [0.3, 0.4) is 0 Å². The fourth-order valence-electron chi connectivity index (χ4n) is 3.33. The number of carbonyl (C=O) groups excluding carboxylic acids is 1. The molecule has 3 rings (SSSR count). The summed E-state index contributed by atoms with van der Waals surface area (Å²) in [5.74, 6) is 1.65. The second kappa shape index (κ2) is 7.65. The molecular formula is C22H25NO3. The number of benzene rings is 2. The van der Waals surface area contributed by atoms with Gasteiger partial charge in [-0.25, -0.2) is 0 Å². The van der Waals surface area contributed by atoms with Crippen molar-refractivity contribution in [3.63, 3.8) is 0 Å². The Morgan fingerprint density at radius 2 is 1.69 bits per heavy atom. The zero-order valence-corrected chi connectivity index (χ0v) is 15.8. The number of carbonyl (C=O) groups is 1. The number of nitrogens with one attached hydrogen (secondary N) is 1. The second-order valence-corrected chi connectivity index (χ2v) is 6.78. The molecule has 0 heterocycles. The monoisotopic (exact) mass is 351 g/mol. The molecule has 0 saturated heterocycles. The number of allylic oxidation sites excluding steroid dienone is 2. The molecule has 1 N–H and O–H groups in total. The molecule has 0 aromatic heterocycles. The number of aryl methyl sites for hydroxylation is 2. The molecule has 26 heavy (non-hydrogen) atoms. The normalized spacial score (nSPS) is 16.8. The first kappa shape index (κ1) is 18.1. The molecule has 0 fully saturated rings. The van der Waals surface area contributed by atoms with Gasteiger partial charge in [0.1, 0.15) is 0 Å². The minimum Gasteiger partial charge on any atom is -0.493 e. The summed E-state index contributed by atoms with van der Waals surface area (Å²) < 4.78 is 10.7. The van der Waals surface area contributed by atoms with Gasteiger partial charge in [-0.15, -0.1) is 0 Å². The Kier molecular flexibility index (Phi) is 5.31. The summed E-state index contributed by atoms with van der Waals surface area (Å²) in [7, 11) is 3.25. The fraction of sp³-hybridized carbons (Fsp3) is 0.318. The highest BCUT2D eigenvalue weighted by Crippen LogP contribution is 2.36. The lowest BCUT2D eigenvalue weighted by Crippen LogP contribution is -2.17. The molecule has 0 aliphatic heterocycles. The number of hydrogen-bond acceptors (Lipinski definition) is 4. The van der Waals surface area contributed by atoms with Gasteiger partial charge in [0, 0.05) is 23.9 Å². The smallest absolute Gasteiger partial charge is 0.160 e. The van der Waals surface area contributed by atoms with Crippen LogP contribution in [0.5, 0.6) is 11.5 Å². The Hall–Kier alpha value is -2.75. The maximum absolute atomic E-state index is 12.3. The van der Waals surface area contributed by atoms with Gasteiger partial charge in [-0.3, -0.25) is 4.79 Å². The quantitative estimate of drug-likeness (QED) is 0.843. The molecular weight excluding hydrogens is 326 g/mol. The van der Waals surface area contributed by atoms with E-state index >= 15 is 0 Å². The number of anilines is 1. The molecule has 1 aliphatic rings. The number of methoxy groups -OCH3 is 2. The summed E-state index contributed by atoms with van der Waals surface area (Å²) in [6.45, 7) is 4.18. The lowest BCUT2D eigenvalue weighted by atomic mass is 9.85. The second-order valence-electron chi connectivity index (χ2n) is 6.78. The van der Waals surface area contributed by atoms with Crippen LogP contribution >= 0.6 is 0 Å². The first-order valence-electron chi connectivity index (χ1n) is 8.79. The van der Waals surface area contributed by atoms with E-state index in [2.05, 4.69) is 31.3 Å². The van der Waals surface area contributed by atoms with Gasteiger partial charge >= 0.3 is 0 Å². The van der Waals surface area contributed by atoms with Gasteiger partial charge in [0.05, 0.1) is 14.2 Å². The molecule has 0 radical (unpaired) electrons. The molecule has 0 unspecified atom stereocenters. The van der Waals surface area contributed by atoms with Crippen LogP contribution in [0, 0.1) is 13.8 Å². The van der Waals surface area contributed by atoms with Crippen LogP contribution in [0.2, 0.25) is 0 Å². The van der Waals surface area contributed by atoms with Gasteiger partial charge in [0.15, 0.2) is 17.3 Å². The number of hydrogen-bond donors (Lipinski definition) is 1. The van der Waals surface area contributed by atoms with Gasteiger partial charge in [0.2, 0.25) is 0 Å². The Labute approximate surface area is 154 Å².